The molecule has 9 aromatic rings. The van der Waals surface area contributed by atoms with Gasteiger partial charge in [-0.05, 0) is 60.7 Å². The fourth-order valence-electron chi connectivity index (χ4n) is 7.49. The predicted octanol–water partition coefficient (Wildman–Crippen LogP) is 11.8. The number of nitrogens with zero attached hydrogens (tertiary/aromatic N) is 5. The van der Waals surface area contributed by atoms with Gasteiger partial charge in [-0.1, -0.05) is 105 Å². The first-order valence-corrected chi connectivity index (χ1v) is 23.4. The number of halogens is 6. The largest absolute Gasteiger partial charge is 0.467 e. The number of pyridine rings is 4. The number of amides is 2. The average Bonchev–Trinajstić information content (AvgIpc) is 3.41. The molecule has 0 bridgehead atoms. The molecule has 390 valence electrons. The van der Waals surface area contributed by atoms with Crippen molar-refractivity contribution in [2.75, 3.05) is 43.3 Å². The highest BCUT2D eigenvalue weighted by atomic mass is 19.4. The number of ether oxygens (including phenoxy) is 2. The maximum Gasteiger partial charge on any atom is 0.417 e. The Morgan fingerprint density at radius 1 is 0.513 bits per heavy atom. The molecule has 0 unspecified atom stereocenters. The van der Waals surface area contributed by atoms with Gasteiger partial charge < -0.3 is 30.3 Å². The van der Waals surface area contributed by atoms with E-state index in [1.807, 2.05) is 26.0 Å². The number of alkyl halides is 6. The summed E-state index contributed by atoms with van der Waals surface area (Å²) in [6.07, 6.45) is -9.76. The Kier molecular flexibility index (Phi) is 17.2. The summed E-state index contributed by atoms with van der Waals surface area (Å²) in [6, 6.07) is 46.9. The lowest BCUT2D eigenvalue weighted by molar-refractivity contribution is -0.137. The number of para-hydroxylation sites is 5. The summed E-state index contributed by atoms with van der Waals surface area (Å²) in [5.41, 5.74) is -2.02. The molecule has 0 aliphatic heterocycles. The van der Waals surface area contributed by atoms with Crippen LogP contribution in [-0.4, -0.2) is 63.1 Å². The first-order valence-electron chi connectivity index (χ1n) is 23.4. The van der Waals surface area contributed by atoms with Gasteiger partial charge in [0, 0.05) is 66.8 Å². The minimum Gasteiger partial charge on any atom is -0.467 e. The molecule has 2 amide bonds. The fourth-order valence-corrected chi connectivity index (χ4v) is 7.49. The lowest BCUT2D eigenvalue weighted by Crippen LogP contribution is -2.28. The molecule has 0 saturated carbocycles. The molecule has 0 aliphatic carbocycles. The summed E-state index contributed by atoms with van der Waals surface area (Å²) in [7, 11) is 2.99. The van der Waals surface area contributed by atoms with E-state index in [-0.39, 0.29) is 22.9 Å². The molecule has 0 aliphatic rings. The molecule has 3 N–H and O–H groups in total. The van der Waals surface area contributed by atoms with Crippen LogP contribution in [0.15, 0.2) is 186 Å². The van der Waals surface area contributed by atoms with E-state index in [0.717, 1.165) is 12.1 Å². The zero-order chi connectivity index (χ0) is 54.6. The first kappa shape index (κ1) is 54.3. The Labute approximate surface area is 430 Å². The van der Waals surface area contributed by atoms with Gasteiger partial charge in [-0.2, -0.15) is 36.3 Å². The SMILES string of the molecule is CC.CN(C)C(=O)COc1cc(C(F)(F)F)c2c(=O)cc(Nc3ccccc3)n(-c3ccccc3)c2n1.O=C(COc1cc(C(F)(F)F)c2c(=O)cc(Nc3ccccc3)n(-c3ccccc3)c2n1)Nc1ccccc1. The summed E-state index contributed by atoms with van der Waals surface area (Å²) in [5.74, 6) is -1.52. The van der Waals surface area contributed by atoms with Crippen LogP contribution >= 0.6 is 0 Å². The monoisotopic (exact) mass is 1040 g/mol. The molecule has 0 atom stereocenters. The Morgan fingerprint density at radius 2 is 0.855 bits per heavy atom. The first-order chi connectivity index (χ1) is 36.4. The minimum absolute atomic E-state index is 0.199. The number of likely N-dealkylation sites (N-methyl/N-ethyl adjacent to an activating group) is 1. The Bertz CT molecular complexity index is 3570. The summed E-state index contributed by atoms with van der Waals surface area (Å²) in [4.78, 5) is 60.2. The number of anilines is 5. The Hall–Kier alpha value is -9.46. The molecule has 0 fully saturated rings. The van der Waals surface area contributed by atoms with Crippen molar-refractivity contribution in [2.24, 2.45) is 0 Å². The van der Waals surface area contributed by atoms with E-state index < -0.39 is 81.9 Å². The standard InChI is InChI=1S/C29H21F3N4O3.C25H21F3N4O3.C2H6/c30-29(31,32)22-16-26(39-18-25(38)34-20-12-6-2-7-13-20)35-28-27(22)23(37)17-24(33-19-10-4-1-5-11-19)36(28)21-14-8-3-9-15-21;1-31(2)22(34)15-35-21-13-18(25(26,27)28)23-19(33)14-20(29-16-9-5-3-6-10-16)32(24(23)30-21)17-11-7-4-8-12-17;1-2/h1-17,33H,18H2,(H,34,38);3-14,29H,15H2,1-2H3;1-2H3. The number of hydrogen-bond acceptors (Lipinski definition) is 10. The molecule has 5 aromatic carbocycles. The van der Waals surface area contributed by atoms with E-state index in [4.69, 9.17) is 9.47 Å². The van der Waals surface area contributed by atoms with Gasteiger partial charge in [-0.25, -0.2) is 0 Å². The number of nitrogens with one attached hydrogen (secondary N) is 3. The van der Waals surface area contributed by atoms with E-state index >= 15 is 0 Å². The van der Waals surface area contributed by atoms with Crippen molar-refractivity contribution in [3.63, 3.8) is 0 Å². The Morgan fingerprint density at radius 3 is 1.21 bits per heavy atom. The van der Waals surface area contributed by atoms with Crippen LogP contribution in [0.4, 0.5) is 55.0 Å². The van der Waals surface area contributed by atoms with Crippen LogP contribution in [0.3, 0.4) is 0 Å². The van der Waals surface area contributed by atoms with Gasteiger partial charge in [0.05, 0.1) is 21.9 Å². The van der Waals surface area contributed by atoms with Crippen molar-refractivity contribution in [1.29, 1.82) is 0 Å². The molecule has 0 saturated heterocycles. The smallest absolute Gasteiger partial charge is 0.417 e. The molecule has 14 nitrogen and oxygen atoms in total. The minimum atomic E-state index is -4.90. The highest BCUT2D eigenvalue weighted by Gasteiger charge is 2.37. The van der Waals surface area contributed by atoms with E-state index in [1.165, 1.54) is 28.1 Å². The molecule has 9 rings (SSSR count). The van der Waals surface area contributed by atoms with Gasteiger partial charge in [0.1, 0.15) is 11.6 Å². The molecule has 0 radical (unpaired) electrons. The van der Waals surface area contributed by atoms with Gasteiger partial charge in [0.25, 0.3) is 11.8 Å². The number of rotatable bonds is 13. The summed E-state index contributed by atoms with van der Waals surface area (Å²) in [6.45, 7) is 2.89. The average molecular weight is 1040 g/mol. The molecule has 4 aromatic heterocycles. The number of carbonyl (C=O) groups excluding carboxylic acids is 2. The zero-order valence-corrected chi connectivity index (χ0v) is 41.1. The topological polar surface area (TPSA) is 162 Å². The molecule has 0 spiro atoms. The predicted molar refractivity (Wildman–Crippen MR) is 280 cm³/mol. The third-order valence-electron chi connectivity index (χ3n) is 10.9. The summed E-state index contributed by atoms with van der Waals surface area (Å²) >= 11 is 0. The van der Waals surface area contributed by atoms with Crippen LogP contribution in [0.1, 0.15) is 25.0 Å². The number of carbonyl (C=O) groups is 2. The summed E-state index contributed by atoms with van der Waals surface area (Å²) in [5, 5.41) is 7.56. The van der Waals surface area contributed by atoms with Crippen LogP contribution in [0.25, 0.3) is 33.4 Å². The zero-order valence-electron chi connectivity index (χ0n) is 41.1. The van der Waals surface area contributed by atoms with Crippen LogP contribution in [0.2, 0.25) is 0 Å². The van der Waals surface area contributed by atoms with Gasteiger partial charge >= 0.3 is 12.4 Å². The third-order valence-corrected chi connectivity index (χ3v) is 10.9. The van der Waals surface area contributed by atoms with Gasteiger partial charge in [-0.3, -0.25) is 28.3 Å². The second-order valence-electron chi connectivity index (χ2n) is 16.3. The van der Waals surface area contributed by atoms with Gasteiger partial charge in [-0.15, -0.1) is 0 Å². The maximum atomic E-state index is 14.2. The molecule has 4 heterocycles. The Balaban J connectivity index is 0.000000216. The van der Waals surface area contributed by atoms with Gasteiger partial charge in [0.2, 0.25) is 11.8 Å². The van der Waals surface area contributed by atoms with Crippen molar-refractivity contribution in [3.8, 4) is 23.1 Å². The fraction of sp³-hybridized carbons (Fsp3) is 0.143. The van der Waals surface area contributed by atoms with Crippen LogP contribution < -0.4 is 36.3 Å². The van der Waals surface area contributed by atoms with Crippen molar-refractivity contribution in [1.82, 2.24) is 24.0 Å². The normalized spacial score (nSPS) is 11.1. The lowest BCUT2D eigenvalue weighted by Gasteiger charge is -2.20. The number of aromatic nitrogens is 4. The number of benzene rings is 5. The van der Waals surface area contributed by atoms with E-state index in [2.05, 4.69) is 25.9 Å². The van der Waals surface area contributed by atoms with E-state index in [0.29, 0.717) is 40.6 Å². The van der Waals surface area contributed by atoms with E-state index in [9.17, 15) is 45.5 Å². The highest BCUT2D eigenvalue weighted by molar-refractivity contribution is 5.92. The van der Waals surface area contributed by atoms with Gasteiger partial charge in [0.15, 0.2) is 35.4 Å². The number of hydrogen-bond donors (Lipinski definition) is 3. The second kappa shape index (κ2) is 24.1. The van der Waals surface area contributed by atoms with Crippen molar-refractivity contribution in [2.45, 2.75) is 26.2 Å². The van der Waals surface area contributed by atoms with Crippen molar-refractivity contribution >= 4 is 62.6 Å². The van der Waals surface area contributed by atoms with Crippen LogP contribution in [0, 0.1) is 0 Å². The highest BCUT2D eigenvalue weighted by Crippen LogP contribution is 2.39. The van der Waals surface area contributed by atoms with E-state index in [1.54, 1.807) is 140 Å². The number of fused-ring (bicyclic) bond motifs is 2. The maximum absolute atomic E-state index is 14.2. The third kappa shape index (κ3) is 13.2. The lowest BCUT2D eigenvalue weighted by atomic mass is 10.1. The van der Waals surface area contributed by atoms with Crippen molar-refractivity contribution in [3.05, 3.63) is 207 Å². The van der Waals surface area contributed by atoms with Crippen molar-refractivity contribution < 1.29 is 45.4 Å². The summed E-state index contributed by atoms with van der Waals surface area (Å²) < 4.78 is 98.4. The molecular formula is C56H48F6N8O6. The molecule has 76 heavy (non-hydrogen) atoms. The molecular weight excluding hydrogens is 995 g/mol. The van der Waals surface area contributed by atoms with Crippen LogP contribution in [-0.2, 0) is 21.9 Å². The van der Waals surface area contributed by atoms with Crippen LogP contribution in [0.5, 0.6) is 11.8 Å². The second-order valence-corrected chi connectivity index (χ2v) is 16.3. The molecule has 20 heteroatoms. The quantitative estimate of drug-likeness (QED) is 0.0948.